The molecule has 1 rings (SSSR count). The van der Waals surface area contributed by atoms with Crippen LogP contribution >= 0.6 is 0 Å². The molecule has 1 aliphatic heterocycles. The van der Waals surface area contributed by atoms with E-state index in [2.05, 4.69) is 10.1 Å². The monoisotopic (exact) mass is 115 g/mol. The molecule has 0 aromatic heterocycles. The van der Waals surface area contributed by atoms with Gasteiger partial charge in [0.25, 0.3) is 0 Å². The first-order valence-electron chi connectivity index (χ1n) is 2.80. The van der Waals surface area contributed by atoms with Crippen LogP contribution in [0.25, 0.3) is 0 Å². The Morgan fingerprint density at radius 1 is 1.50 bits per heavy atom. The molecular weight excluding hydrogens is 106 g/mol. The Hall–Kier alpha value is -0.730. The van der Waals surface area contributed by atoms with Gasteiger partial charge in [-0.05, 0) is 12.8 Å². The summed E-state index contributed by atoms with van der Waals surface area (Å²) in [6, 6.07) is 0. The molecule has 1 heterocycles. The van der Waals surface area contributed by atoms with Crippen molar-refractivity contribution in [3.8, 4) is 0 Å². The van der Waals surface area contributed by atoms with Gasteiger partial charge in [0.05, 0.1) is 6.61 Å². The maximum absolute atomic E-state index is 10.3. The summed E-state index contributed by atoms with van der Waals surface area (Å²) in [6.45, 7) is 1.34. The van der Waals surface area contributed by atoms with Crippen LogP contribution in [0.4, 0.5) is 4.79 Å². The highest BCUT2D eigenvalue weighted by Gasteiger charge is 2.03. The first-order chi connectivity index (χ1) is 3.89. The van der Waals surface area contributed by atoms with Crippen LogP contribution in [0.15, 0.2) is 0 Å². The highest BCUT2D eigenvalue weighted by atomic mass is 16.5. The van der Waals surface area contributed by atoms with Crippen molar-refractivity contribution in [2.75, 3.05) is 13.2 Å². The Balaban J connectivity index is 2.27. The Bertz CT molecular complexity index is 82.4. The van der Waals surface area contributed by atoms with Gasteiger partial charge in [-0.25, -0.2) is 4.79 Å². The molecule has 0 radical (unpaired) electrons. The highest BCUT2D eigenvalue weighted by molar-refractivity contribution is 5.67. The second-order valence-electron chi connectivity index (χ2n) is 1.77. The number of rotatable bonds is 0. The molecule has 0 aromatic rings. The lowest BCUT2D eigenvalue weighted by molar-refractivity contribution is 0.153. The Morgan fingerprint density at radius 2 is 2.38 bits per heavy atom. The minimum absolute atomic E-state index is 0.275. The molecule has 0 saturated carbocycles. The van der Waals surface area contributed by atoms with Crippen LogP contribution in [0.2, 0.25) is 0 Å². The van der Waals surface area contributed by atoms with Gasteiger partial charge in [-0.2, -0.15) is 0 Å². The number of alkyl carbamates (subject to hydrolysis) is 1. The van der Waals surface area contributed by atoms with Crippen molar-refractivity contribution in [2.24, 2.45) is 0 Å². The number of carbonyl (C=O) groups is 1. The molecule has 0 atom stereocenters. The van der Waals surface area contributed by atoms with E-state index in [1.165, 1.54) is 0 Å². The molecule has 0 aromatic carbocycles. The quantitative estimate of drug-likeness (QED) is 0.499. The van der Waals surface area contributed by atoms with Gasteiger partial charge in [0.15, 0.2) is 0 Å². The first kappa shape index (κ1) is 5.41. The fraction of sp³-hybridized carbons (Fsp3) is 0.800. The molecule has 46 valence electrons. The van der Waals surface area contributed by atoms with Crippen LogP contribution in [-0.4, -0.2) is 19.2 Å². The summed E-state index contributed by atoms with van der Waals surface area (Å²) in [4.78, 5) is 10.3. The van der Waals surface area contributed by atoms with Gasteiger partial charge < -0.3 is 10.1 Å². The summed E-state index contributed by atoms with van der Waals surface area (Å²) in [5.41, 5.74) is 0. The van der Waals surface area contributed by atoms with E-state index in [-0.39, 0.29) is 6.09 Å². The van der Waals surface area contributed by atoms with Crippen LogP contribution in [0, 0.1) is 0 Å². The van der Waals surface area contributed by atoms with Crippen molar-refractivity contribution in [1.29, 1.82) is 0 Å². The number of cyclic esters (lactones) is 1. The van der Waals surface area contributed by atoms with Gasteiger partial charge in [0.2, 0.25) is 0 Å². The zero-order valence-electron chi connectivity index (χ0n) is 4.64. The molecule has 1 saturated heterocycles. The van der Waals surface area contributed by atoms with E-state index in [1.807, 2.05) is 0 Å². The van der Waals surface area contributed by atoms with E-state index < -0.39 is 0 Å². The van der Waals surface area contributed by atoms with E-state index in [9.17, 15) is 4.79 Å². The van der Waals surface area contributed by atoms with Gasteiger partial charge in [0, 0.05) is 6.54 Å². The van der Waals surface area contributed by atoms with Crippen molar-refractivity contribution >= 4 is 6.09 Å². The molecule has 0 bridgehead atoms. The van der Waals surface area contributed by atoms with Gasteiger partial charge in [-0.3, -0.25) is 0 Å². The summed E-state index contributed by atoms with van der Waals surface area (Å²) in [7, 11) is 0. The van der Waals surface area contributed by atoms with Gasteiger partial charge >= 0.3 is 6.09 Å². The standard InChI is InChI=1S/C5H9NO2/c7-5-6-3-1-2-4-8-5/h1-4H2,(H,6,7). The first-order valence-corrected chi connectivity index (χ1v) is 2.80. The fourth-order valence-electron chi connectivity index (χ4n) is 0.633. The van der Waals surface area contributed by atoms with Crippen LogP contribution < -0.4 is 5.32 Å². The van der Waals surface area contributed by atoms with Crippen molar-refractivity contribution in [3.63, 3.8) is 0 Å². The topological polar surface area (TPSA) is 38.3 Å². The van der Waals surface area contributed by atoms with E-state index in [0.29, 0.717) is 6.61 Å². The molecule has 3 nitrogen and oxygen atoms in total. The Morgan fingerprint density at radius 3 is 3.25 bits per heavy atom. The second-order valence-corrected chi connectivity index (χ2v) is 1.77. The number of hydrogen-bond acceptors (Lipinski definition) is 2. The Kier molecular flexibility index (Phi) is 1.72. The SMILES string of the molecule is O=C1NCCCCO1. The average Bonchev–Trinajstić information content (AvgIpc) is 1.94. The molecular formula is C5H9NO2. The number of ether oxygens (including phenoxy) is 1. The molecule has 1 amide bonds. The molecule has 1 fully saturated rings. The molecule has 3 heteroatoms. The van der Waals surface area contributed by atoms with Gasteiger partial charge in [-0.1, -0.05) is 0 Å². The van der Waals surface area contributed by atoms with Crippen LogP contribution in [-0.2, 0) is 4.74 Å². The predicted octanol–water partition coefficient (Wildman–Crippen LogP) is 0.506. The molecule has 0 aliphatic carbocycles. The molecule has 0 spiro atoms. The van der Waals surface area contributed by atoms with E-state index in [1.54, 1.807) is 0 Å². The zero-order valence-corrected chi connectivity index (χ0v) is 4.64. The summed E-state index contributed by atoms with van der Waals surface area (Å²) >= 11 is 0. The van der Waals surface area contributed by atoms with Crippen molar-refractivity contribution in [1.82, 2.24) is 5.32 Å². The minimum Gasteiger partial charge on any atom is -0.450 e. The number of nitrogens with one attached hydrogen (secondary N) is 1. The number of carbonyl (C=O) groups excluding carboxylic acids is 1. The number of hydrogen-bond donors (Lipinski definition) is 1. The van der Waals surface area contributed by atoms with Crippen LogP contribution in [0.3, 0.4) is 0 Å². The summed E-state index contributed by atoms with van der Waals surface area (Å²) in [6.07, 6.45) is 1.74. The lowest BCUT2D eigenvalue weighted by Crippen LogP contribution is -2.21. The van der Waals surface area contributed by atoms with E-state index in [0.717, 1.165) is 19.4 Å². The highest BCUT2D eigenvalue weighted by Crippen LogP contribution is 1.93. The third-order valence-electron chi connectivity index (χ3n) is 1.07. The van der Waals surface area contributed by atoms with E-state index in [4.69, 9.17) is 0 Å². The predicted molar refractivity (Wildman–Crippen MR) is 28.6 cm³/mol. The molecule has 0 unspecified atom stereocenters. The maximum atomic E-state index is 10.3. The summed E-state index contributed by atoms with van der Waals surface area (Å²) < 4.78 is 4.65. The van der Waals surface area contributed by atoms with Crippen LogP contribution in [0.1, 0.15) is 12.8 Å². The zero-order chi connectivity index (χ0) is 5.82. The van der Waals surface area contributed by atoms with E-state index >= 15 is 0 Å². The minimum atomic E-state index is -0.275. The van der Waals surface area contributed by atoms with Crippen molar-refractivity contribution in [3.05, 3.63) is 0 Å². The third kappa shape index (κ3) is 1.40. The molecule has 8 heavy (non-hydrogen) atoms. The smallest absolute Gasteiger partial charge is 0.407 e. The van der Waals surface area contributed by atoms with Gasteiger partial charge in [0.1, 0.15) is 0 Å². The maximum Gasteiger partial charge on any atom is 0.407 e. The normalized spacial score (nSPS) is 20.8. The fourth-order valence-corrected chi connectivity index (χ4v) is 0.633. The van der Waals surface area contributed by atoms with Gasteiger partial charge in [-0.15, -0.1) is 0 Å². The lowest BCUT2D eigenvalue weighted by Gasteiger charge is -1.95. The molecule has 1 aliphatic rings. The largest absolute Gasteiger partial charge is 0.450 e. The van der Waals surface area contributed by atoms with Crippen LogP contribution in [0.5, 0.6) is 0 Å². The Labute approximate surface area is 48.0 Å². The average molecular weight is 115 g/mol. The summed E-state index contributed by atoms with van der Waals surface area (Å²) in [5.74, 6) is 0. The molecule has 1 N–H and O–H groups in total. The third-order valence-corrected chi connectivity index (χ3v) is 1.07. The lowest BCUT2D eigenvalue weighted by atomic mass is 10.3. The van der Waals surface area contributed by atoms with Crippen molar-refractivity contribution in [2.45, 2.75) is 12.8 Å². The summed E-state index contributed by atoms with van der Waals surface area (Å²) in [5, 5.41) is 2.58. The van der Waals surface area contributed by atoms with Crippen molar-refractivity contribution < 1.29 is 9.53 Å². The second kappa shape index (κ2) is 2.55. The number of amides is 1.